The second-order valence-electron chi connectivity index (χ2n) is 7.48. The quantitative estimate of drug-likeness (QED) is 0.701. The SMILES string of the molecule is CC(C)CC(=O)N(Cc1ccc(F)cc1)CC1CC(c2cccc(F)c2)=NO1. The Kier molecular flexibility index (Phi) is 6.39. The summed E-state index contributed by atoms with van der Waals surface area (Å²) in [6.07, 6.45) is 0.624. The van der Waals surface area contributed by atoms with Crippen LogP contribution in [0, 0.1) is 17.6 Å². The summed E-state index contributed by atoms with van der Waals surface area (Å²) in [5, 5.41) is 4.08. The minimum atomic E-state index is -0.325. The molecular formula is C22H24F2N2O2. The molecule has 2 aromatic carbocycles. The molecule has 0 N–H and O–H groups in total. The van der Waals surface area contributed by atoms with Crippen molar-refractivity contribution in [2.45, 2.75) is 39.3 Å². The van der Waals surface area contributed by atoms with E-state index in [0.717, 1.165) is 5.56 Å². The number of nitrogens with zero attached hydrogens (tertiary/aromatic N) is 2. The van der Waals surface area contributed by atoms with Crippen LogP contribution >= 0.6 is 0 Å². The molecule has 1 atom stereocenters. The molecule has 0 fully saturated rings. The van der Waals surface area contributed by atoms with Gasteiger partial charge in [-0.05, 0) is 35.7 Å². The van der Waals surface area contributed by atoms with Crippen molar-refractivity contribution in [3.63, 3.8) is 0 Å². The van der Waals surface area contributed by atoms with E-state index >= 15 is 0 Å². The van der Waals surface area contributed by atoms with Crippen LogP contribution in [-0.2, 0) is 16.2 Å². The highest BCUT2D eigenvalue weighted by Gasteiger charge is 2.27. The maximum absolute atomic E-state index is 13.5. The van der Waals surface area contributed by atoms with Crippen molar-refractivity contribution >= 4 is 11.6 Å². The highest BCUT2D eigenvalue weighted by molar-refractivity contribution is 6.01. The lowest BCUT2D eigenvalue weighted by atomic mass is 10.0. The number of benzene rings is 2. The van der Waals surface area contributed by atoms with Crippen LogP contribution in [0.3, 0.4) is 0 Å². The zero-order valence-corrected chi connectivity index (χ0v) is 16.1. The summed E-state index contributed by atoms with van der Waals surface area (Å²) in [4.78, 5) is 20.0. The van der Waals surface area contributed by atoms with Gasteiger partial charge in [0.15, 0.2) is 6.10 Å². The fraction of sp³-hybridized carbons (Fsp3) is 0.364. The third-order valence-electron chi connectivity index (χ3n) is 4.54. The van der Waals surface area contributed by atoms with Crippen LogP contribution in [0.5, 0.6) is 0 Å². The summed E-state index contributed by atoms with van der Waals surface area (Å²) in [5.41, 5.74) is 2.20. The van der Waals surface area contributed by atoms with Gasteiger partial charge in [-0.3, -0.25) is 4.79 Å². The highest BCUT2D eigenvalue weighted by Crippen LogP contribution is 2.20. The molecule has 1 amide bonds. The molecule has 0 saturated carbocycles. The van der Waals surface area contributed by atoms with Gasteiger partial charge in [-0.15, -0.1) is 0 Å². The van der Waals surface area contributed by atoms with Crippen molar-refractivity contribution in [1.29, 1.82) is 0 Å². The summed E-state index contributed by atoms with van der Waals surface area (Å²) in [6.45, 7) is 4.72. The third-order valence-corrected chi connectivity index (χ3v) is 4.54. The first-order chi connectivity index (χ1) is 13.4. The molecule has 1 heterocycles. The Bertz CT molecular complexity index is 850. The van der Waals surface area contributed by atoms with E-state index in [0.29, 0.717) is 37.2 Å². The number of hydrogen-bond donors (Lipinski definition) is 0. The predicted octanol–water partition coefficient (Wildman–Crippen LogP) is 4.53. The molecule has 1 unspecified atom stereocenters. The molecule has 0 radical (unpaired) electrons. The standard InChI is InChI=1S/C22H24F2N2O2/c1-15(2)10-22(27)26(13-16-6-8-18(23)9-7-16)14-20-12-21(25-28-20)17-4-3-5-19(24)11-17/h3-9,11,15,20H,10,12-14H2,1-2H3. The molecular weight excluding hydrogens is 362 g/mol. The Morgan fingerprint density at radius 3 is 2.61 bits per heavy atom. The number of carbonyl (C=O) groups excluding carboxylic acids is 1. The topological polar surface area (TPSA) is 41.9 Å². The Hall–Kier alpha value is -2.76. The lowest BCUT2D eigenvalue weighted by Crippen LogP contribution is -2.37. The van der Waals surface area contributed by atoms with Gasteiger partial charge in [-0.2, -0.15) is 0 Å². The number of carbonyl (C=O) groups is 1. The maximum Gasteiger partial charge on any atom is 0.223 e. The molecule has 0 aromatic heterocycles. The van der Waals surface area contributed by atoms with Crippen LogP contribution < -0.4 is 0 Å². The number of halogens is 2. The number of amides is 1. The Balaban J connectivity index is 1.67. The predicted molar refractivity (Wildman–Crippen MR) is 104 cm³/mol. The van der Waals surface area contributed by atoms with Crippen LogP contribution in [-0.4, -0.2) is 29.2 Å². The molecule has 3 rings (SSSR count). The first-order valence-electron chi connectivity index (χ1n) is 9.41. The van der Waals surface area contributed by atoms with Gasteiger partial charge >= 0.3 is 0 Å². The summed E-state index contributed by atoms with van der Waals surface area (Å²) < 4.78 is 26.6. The van der Waals surface area contributed by atoms with Crippen molar-refractivity contribution in [2.75, 3.05) is 6.54 Å². The molecule has 0 saturated heterocycles. The van der Waals surface area contributed by atoms with E-state index in [2.05, 4.69) is 5.16 Å². The monoisotopic (exact) mass is 386 g/mol. The van der Waals surface area contributed by atoms with Crippen molar-refractivity contribution < 1.29 is 18.4 Å². The average Bonchev–Trinajstić information content (AvgIpc) is 3.11. The van der Waals surface area contributed by atoms with E-state index in [1.807, 2.05) is 13.8 Å². The molecule has 0 aliphatic carbocycles. The van der Waals surface area contributed by atoms with Crippen LogP contribution in [0.4, 0.5) is 8.78 Å². The summed E-state index contributed by atoms with van der Waals surface area (Å²) >= 11 is 0. The van der Waals surface area contributed by atoms with Crippen LogP contribution in [0.25, 0.3) is 0 Å². The van der Waals surface area contributed by atoms with Crippen molar-refractivity contribution in [2.24, 2.45) is 11.1 Å². The molecule has 28 heavy (non-hydrogen) atoms. The molecule has 6 heteroatoms. The van der Waals surface area contributed by atoms with E-state index in [1.165, 1.54) is 24.3 Å². The number of rotatable bonds is 7. The first-order valence-corrected chi connectivity index (χ1v) is 9.41. The molecule has 0 spiro atoms. The zero-order chi connectivity index (χ0) is 20.1. The molecule has 2 aromatic rings. The summed E-state index contributed by atoms with van der Waals surface area (Å²) in [6, 6.07) is 12.3. The molecule has 1 aliphatic heterocycles. The lowest BCUT2D eigenvalue weighted by Gasteiger charge is -2.26. The van der Waals surface area contributed by atoms with Gasteiger partial charge in [0.05, 0.1) is 12.3 Å². The first kappa shape index (κ1) is 20.0. The second kappa shape index (κ2) is 8.95. The Labute approximate surface area is 163 Å². The van der Waals surface area contributed by atoms with Crippen molar-refractivity contribution in [1.82, 2.24) is 4.90 Å². The van der Waals surface area contributed by atoms with E-state index in [4.69, 9.17) is 4.84 Å². The van der Waals surface area contributed by atoms with E-state index in [-0.39, 0.29) is 29.6 Å². The normalized spacial score (nSPS) is 16.0. The van der Waals surface area contributed by atoms with Crippen molar-refractivity contribution in [3.8, 4) is 0 Å². The van der Waals surface area contributed by atoms with E-state index in [1.54, 1.807) is 29.2 Å². The smallest absolute Gasteiger partial charge is 0.223 e. The van der Waals surface area contributed by atoms with Gasteiger partial charge in [0.1, 0.15) is 11.6 Å². The average molecular weight is 386 g/mol. The second-order valence-corrected chi connectivity index (χ2v) is 7.48. The van der Waals surface area contributed by atoms with Gasteiger partial charge in [0, 0.05) is 24.9 Å². The van der Waals surface area contributed by atoms with Gasteiger partial charge in [-0.1, -0.05) is 43.3 Å². The Morgan fingerprint density at radius 2 is 1.93 bits per heavy atom. The van der Waals surface area contributed by atoms with Crippen LogP contribution in [0.15, 0.2) is 53.7 Å². The van der Waals surface area contributed by atoms with Crippen molar-refractivity contribution in [3.05, 3.63) is 71.3 Å². The minimum absolute atomic E-state index is 0.0159. The fourth-order valence-electron chi connectivity index (χ4n) is 3.15. The van der Waals surface area contributed by atoms with Gasteiger partial charge in [0.25, 0.3) is 0 Å². The molecule has 1 aliphatic rings. The Morgan fingerprint density at radius 1 is 1.18 bits per heavy atom. The van der Waals surface area contributed by atoms with E-state index < -0.39 is 0 Å². The minimum Gasteiger partial charge on any atom is -0.390 e. The summed E-state index contributed by atoms with van der Waals surface area (Å²) in [5.74, 6) is -0.390. The zero-order valence-electron chi connectivity index (χ0n) is 16.1. The van der Waals surface area contributed by atoms with Gasteiger partial charge in [-0.25, -0.2) is 8.78 Å². The van der Waals surface area contributed by atoms with E-state index in [9.17, 15) is 13.6 Å². The number of oxime groups is 1. The van der Waals surface area contributed by atoms with Crippen LogP contribution in [0.1, 0.15) is 37.8 Å². The molecule has 0 bridgehead atoms. The maximum atomic E-state index is 13.5. The third kappa shape index (κ3) is 5.38. The lowest BCUT2D eigenvalue weighted by molar-refractivity contribution is -0.134. The highest BCUT2D eigenvalue weighted by atomic mass is 19.1. The molecule has 148 valence electrons. The fourth-order valence-corrected chi connectivity index (χ4v) is 3.15. The van der Waals surface area contributed by atoms with Crippen LogP contribution in [0.2, 0.25) is 0 Å². The number of hydrogen-bond acceptors (Lipinski definition) is 3. The molecule has 4 nitrogen and oxygen atoms in total. The van der Waals surface area contributed by atoms with Gasteiger partial charge < -0.3 is 9.74 Å². The largest absolute Gasteiger partial charge is 0.390 e. The summed E-state index contributed by atoms with van der Waals surface area (Å²) in [7, 11) is 0. The van der Waals surface area contributed by atoms with Gasteiger partial charge in [0.2, 0.25) is 5.91 Å².